The lowest BCUT2D eigenvalue weighted by Gasteiger charge is -2.59. The van der Waals surface area contributed by atoms with Crippen molar-refractivity contribution < 1.29 is 45.2 Å². The number of aliphatic hydroxyl groups is 7. The van der Waals surface area contributed by atoms with Crippen molar-refractivity contribution in [1.82, 2.24) is 0 Å². The summed E-state index contributed by atoms with van der Waals surface area (Å²) >= 11 is 0. The van der Waals surface area contributed by atoms with Crippen molar-refractivity contribution in [3.8, 4) is 0 Å². The number of aliphatic hydroxyl groups excluding tert-OH is 7. The summed E-state index contributed by atoms with van der Waals surface area (Å²) in [6.45, 7) is 10.4. The van der Waals surface area contributed by atoms with Crippen molar-refractivity contribution in [2.24, 2.45) is 46.3 Å². The normalized spacial score (nSPS) is 50.5. The quantitative estimate of drug-likeness (QED) is 0.208. The Balaban J connectivity index is 1.46. The van der Waals surface area contributed by atoms with Gasteiger partial charge >= 0.3 is 0 Å². The van der Waals surface area contributed by atoms with Gasteiger partial charge in [-0.15, -0.1) is 0 Å². The van der Waals surface area contributed by atoms with Gasteiger partial charge < -0.3 is 45.2 Å². The van der Waals surface area contributed by atoms with Gasteiger partial charge in [-0.3, -0.25) is 0 Å². The molecule has 0 aromatic carbocycles. The molecule has 0 radical (unpaired) electrons. The molecule has 9 heteroatoms. The van der Waals surface area contributed by atoms with Crippen LogP contribution in [0, 0.1) is 46.3 Å². The van der Waals surface area contributed by atoms with E-state index in [2.05, 4.69) is 40.7 Å². The Labute approximate surface area is 250 Å². The van der Waals surface area contributed by atoms with E-state index in [1.807, 2.05) is 0 Å². The predicted molar refractivity (Wildman–Crippen MR) is 156 cm³/mol. The molecule has 1 saturated heterocycles. The molecule has 0 spiro atoms. The summed E-state index contributed by atoms with van der Waals surface area (Å²) in [6, 6.07) is 0. The molecule has 16 atom stereocenters. The fourth-order valence-electron chi connectivity index (χ4n) is 10.2. The van der Waals surface area contributed by atoms with Gasteiger partial charge in [-0.2, -0.15) is 0 Å². The smallest absolute Gasteiger partial charge is 0.186 e. The van der Waals surface area contributed by atoms with Gasteiger partial charge in [0.1, 0.15) is 24.4 Å². The maximum absolute atomic E-state index is 11.4. The number of allylic oxidation sites excluding steroid dienone is 1. The van der Waals surface area contributed by atoms with Crippen LogP contribution in [0.5, 0.6) is 0 Å². The van der Waals surface area contributed by atoms with Gasteiger partial charge in [0.2, 0.25) is 0 Å². The Bertz CT molecular complexity index is 971. The highest BCUT2D eigenvalue weighted by molar-refractivity contribution is 5.28. The van der Waals surface area contributed by atoms with E-state index in [0.717, 1.165) is 25.7 Å². The van der Waals surface area contributed by atoms with Crippen LogP contribution >= 0.6 is 0 Å². The third kappa shape index (κ3) is 5.43. The highest BCUT2D eigenvalue weighted by Crippen LogP contribution is 2.68. The van der Waals surface area contributed by atoms with Crippen LogP contribution in [0.15, 0.2) is 11.6 Å². The first-order chi connectivity index (χ1) is 19.7. The summed E-state index contributed by atoms with van der Waals surface area (Å²) in [5.41, 5.74) is 0.635. The molecule has 5 rings (SSSR count). The van der Waals surface area contributed by atoms with E-state index in [4.69, 9.17) is 9.47 Å². The molecular formula is C33H56O9. The minimum Gasteiger partial charge on any atom is -0.394 e. The monoisotopic (exact) mass is 596 g/mol. The van der Waals surface area contributed by atoms with E-state index in [1.54, 1.807) is 0 Å². The van der Waals surface area contributed by atoms with Crippen LogP contribution in [-0.4, -0.2) is 97.5 Å². The first-order valence-electron chi connectivity index (χ1n) is 16.4. The number of hydrogen-bond donors (Lipinski definition) is 7. The zero-order chi connectivity index (χ0) is 30.7. The lowest BCUT2D eigenvalue weighted by molar-refractivity contribution is -0.316. The fourth-order valence-corrected chi connectivity index (χ4v) is 10.2. The van der Waals surface area contributed by atoms with Gasteiger partial charge in [0.25, 0.3) is 0 Å². The SMILES string of the molecule is CC(C)CCC(O)C(C)C1C(OC2OC(CO)C(O)C(O)C2O)CC2C3CC=C4CC(O)CC(O)C4(C)C3CCC21C. The Hall–Kier alpha value is -0.620. The van der Waals surface area contributed by atoms with E-state index < -0.39 is 55.6 Å². The Morgan fingerprint density at radius 3 is 2.36 bits per heavy atom. The first-order valence-corrected chi connectivity index (χ1v) is 16.4. The van der Waals surface area contributed by atoms with Crippen LogP contribution in [0.25, 0.3) is 0 Å². The Morgan fingerprint density at radius 1 is 0.976 bits per heavy atom. The minimum absolute atomic E-state index is 0.0470. The molecule has 242 valence electrons. The van der Waals surface area contributed by atoms with E-state index in [9.17, 15) is 35.7 Å². The van der Waals surface area contributed by atoms with Crippen molar-refractivity contribution in [2.45, 2.75) is 141 Å². The zero-order valence-corrected chi connectivity index (χ0v) is 26.0. The highest BCUT2D eigenvalue weighted by Gasteiger charge is 2.64. The lowest BCUT2D eigenvalue weighted by Crippen LogP contribution is -2.60. The van der Waals surface area contributed by atoms with Gasteiger partial charge in [0.15, 0.2) is 6.29 Å². The summed E-state index contributed by atoms with van der Waals surface area (Å²) in [5.74, 6) is 1.14. The lowest BCUT2D eigenvalue weighted by atomic mass is 9.46. The van der Waals surface area contributed by atoms with Crippen LogP contribution < -0.4 is 0 Å². The second-order valence-corrected chi connectivity index (χ2v) is 15.3. The van der Waals surface area contributed by atoms with E-state index in [-0.39, 0.29) is 40.6 Å². The van der Waals surface area contributed by atoms with Crippen LogP contribution in [0.2, 0.25) is 0 Å². The third-order valence-electron chi connectivity index (χ3n) is 12.6. The third-order valence-corrected chi connectivity index (χ3v) is 12.6. The molecule has 3 saturated carbocycles. The van der Waals surface area contributed by atoms with Crippen molar-refractivity contribution in [2.75, 3.05) is 6.61 Å². The molecular weight excluding hydrogens is 540 g/mol. The number of rotatable bonds is 8. The zero-order valence-electron chi connectivity index (χ0n) is 26.0. The van der Waals surface area contributed by atoms with Crippen molar-refractivity contribution in [1.29, 1.82) is 0 Å². The largest absolute Gasteiger partial charge is 0.394 e. The van der Waals surface area contributed by atoms with Crippen LogP contribution in [0.4, 0.5) is 0 Å². The van der Waals surface area contributed by atoms with E-state index >= 15 is 0 Å². The Morgan fingerprint density at radius 2 is 1.69 bits per heavy atom. The first kappa shape index (κ1) is 32.8. The number of ether oxygens (including phenoxy) is 2. The summed E-state index contributed by atoms with van der Waals surface area (Å²) in [7, 11) is 0. The molecule has 16 unspecified atom stereocenters. The van der Waals surface area contributed by atoms with Crippen LogP contribution in [0.1, 0.15) is 86.0 Å². The summed E-state index contributed by atoms with van der Waals surface area (Å²) < 4.78 is 12.4. The Kier molecular flexibility index (Phi) is 9.59. The van der Waals surface area contributed by atoms with Gasteiger partial charge in [-0.05, 0) is 85.9 Å². The molecule has 4 fully saturated rings. The molecule has 0 amide bonds. The van der Waals surface area contributed by atoms with Crippen LogP contribution in [0.3, 0.4) is 0 Å². The van der Waals surface area contributed by atoms with E-state index in [1.165, 1.54) is 5.57 Å². The average Bonchev–Trinajstić information content (AvgIpc) is 3.24. The van der Waals surface area contributed by atoms with Crippen molar-refractivity contribution in [3.63, 3.8) is 0 Å². The number of fused-ring (bicyclic) bond motifs is 5. The molecule has 1 heterocycles. The molecule has 0 aromatic heterocycles. The molecule has 5 aliphatic rings. The molecule has 4 aliphatic carbocycles. The average molecular weight is 597 g/mol. The van der Waals surface area contributed by atoms with Crippen LogP contribution in [-0.2, 0) is 9.47 Å². The van der Waals surface area contributed by atoms with Gasteiger partial charge in [-0.25, -0.2) is 0 Å². The molecule has 0 aromatic rings. The van der Waals surface area contributed by atoms with E-state index in [0.29, 0.717) is 37.5 Å². The summed E-state index contributed by atoms with van der Waals surface area (Å²) in [5, 5.41) is 74.5. The summed E-state index contributed by atoms with van der Waals surface area (Å²) in [6.07, 6.45) is -0.418. The van der Waals surface area contributed by atoms with Crippen molar-refractivity contribution >= 4 is 0 Å². The van der Waals surface area contributed by atoms with Gasteiger partial charge in [0.05, 0.1) is 31.0 Å². The second kappa shape index (κ2) is 12.3. The highest BCUT2D eigenvalue weighted by atomic mass is 16.7. The van der Waals surface area contributed by atoms with Gasteiger partial charge in [0, 0.05) is 11.8 Å². The fraction of sp³-hybridized carbons (Fsp3) is 0.939. The minimum atomic E-state index is -1.51. The predicted octanol–water partition coefficient (Wildman–Crippen LogP) is 2.13. The molecule has 7 N–H and O–H groups in total. The standard InChI is InChI=1S/C33H56O9/c1-16(2)6-9-23(36)17(3)27-24(41-31-30(40)29(39)28(38)25(15-34)42-31)14-22-20-8-7-18-12-19(35)13-26(37)33(18,5)21(20)10-11-32(22,27)4/h7,16-17,19-31,34-40H,6,8-15H2,1-5H3. The maximum atomic E-state index is 11.4. The van der Waals surface area contributed by atoms with Gasteiger partial charge in [-0.1, -0.05) is 46.3 Å². The molecule has 42 heavy (non-hydrogen) atoms. The molecule has 0 bridgehead atoms. The second-order valence-electron chi connectivity index (χ2n) is 15.3. The maximum Gasteiger partial charge on any atom is 0.186 e. The van der Waals surface area contributed by atoms with Crippen molar-refractivity contribution in [3.05, 3.63) is 11.6 Å². The molecule has 1 aliphatic heterocycles. The summed E-state index contributed by atoms with van der Waals surface area (Å²) in [4.78, 5) is 0. The topological polar surface area (TPSA) is 160 Å². The number of hydrogen-bond acceptors (Lipinski definition) is 9. The molecule has 9 nitrogen and oxygen atoms in total.